The first-order valence-electron chi connectivity index (χ1n) is 10.9. The van der Waals surface area contributed by atoms with Gasteiger partial charge in [-0.25, -0.2) is 14.8 Å². The van der Waals surface area contributed by atoms with Crippen molar-refractivity contribution in [1.29, 1.82) is 0 Å². The van der Waals surface area contributed by atoms with Crippen LogP contribution in [0, 0.1) is 0 Å². The third-order valence-corrected chi connectivity index (χ3v) is 6.71. The monoisotopic (exact) mass is 568 g/mol. The summed E-state index contributed by atoms with van der Waals surface area (Å²) in [5.41, 5.74) is 2.71. The minimum Gasteiger partial charge on any atom is -0.422 e. The number of hydrogen-bond donors (Lipinski definition) is 1. The first kappa shape index (κ1) is 22.3. The Bertz CT molecular complexity index is 1370. The van der Waals surface area contributed by atoms with E-state index in [1.165, 1.54) is 19.3 Å². The Labute approximate surface area is 208 Å². The molecule has 4 aromatic rings. The molecule has 1 saturated heterocycles. The Morgan fingerprint density at radius 1 is 0.909 bits per heavy atom. The lowest BCUT2D eigenvalue weighted by molar-refractivity contribution is 0.243. The largest absolute Gasteiger partial charge is 0.422 e. The van der Waals surface area contributed by atoms with Crippen molar-refractivity contribution in [2.24, 2.45) is 0 Å². The highest BCUT2D eigenvalue weighted by molar-refractivity contribution is 9.10. The SMILES string of the molecule is O=c1oc2ccc(Br)cc2cc1-c1cc(-c2cccc(Br)c2)nc(NCN2CCCCC2)n1. The lowest BCUT2D eigenvalue weighted by Crippen LogP contribution is -2.34. The summed E-state index contributed by atoms with van der Waals surface area (Å²) in [5.74, 6) is 0.488. The van der Waals surface area contributed by atoms with Crippen molar-refractivity contribution >= 4 is 48.8 Å². The zero-order valence-electron chi connectivity index (χ0n) is 17.9. The van der Waals surface area contributed by atoms with E-state index in [0.717, 1.165) is 38.7 Å². The number of nitrogens with zero attached hydrogens (tertiary/aromatic N) is 3. The van der Waals surface area contributed by atoms with Gasteiger partial charge in [0.05, 0.1) is 23.6 Å². The molecule has 0 atom stereocenters. The normalized spacial score (nSPS) is 14.5. The lowest BCUT2D eigenvalue weighted by atomic mass is 10.1. The number of nitrogens with one attached hydrogen (secondary N) is 1. The van der Waals surface area contributed by atoms with Gasteiger partial charge in [-0.15, -0.1) is 0 Å². The van der Waals surface area contributed by atoms with Crippen LogP contribution >= 0.6 is 31.9 Å². The van der Waals surface area contributed by atoms with Gasteiger partial charge in [-0.3, -0.25) is 4.90 Å². The molecule has 2 aromatic carbocycles. The lowest BCUT2D eigenvalue weighted by Gasteiger charge is -2.26. The second-order valence-electron chi connectivity index (χ2n) is 8.12. The Balaban J connectivity index is 1.58. The molecule has 0 saturated carbocycles. The molecule has 0 unspecified atom stereocenters. The molecule has 5 rings (SSSR count). The number of fused-ring (bicyclic) bond motifs is 1. The van der Waals surface area contributed by atoms with Crippen LogP contribution in [0.5, 0.6) is 0 Å². The van der Waals surface area contributed by atoms with E-state index in [0.29, 0.717) is 29.5 Å². The maximum atomic E-state index is 12.9. The van der Waals surface area contributed by atoms with E-state index in [9.17, 15) is 4.79 Å². The van der Waals surface area contributed by atoms with Crippen molar-refractivity contribution in [2.75, 3.05) is 25.1 Å². The molecule has 0 amide bonds. The Morgan fingerprint density at radius 2 is 1.70 bits per heavy atom. The van der Waals surface area contributed by atoms with Gasteiger partial charge in [0.2, 0.25) is 5.95 Å². The van der Waals surface area contributed by atoms with Crippen LogP contribution in [0.25, 0.3) is 33.5 Å². The van der Waals surface area contributed by atoms with Crippen molar-refractivity contribution < 1.29 is 4.42 Å². The predicted octanol–water partition coefficient (Wildman–Crippen LogP) is 6.30. The fraction of sp³-hybridized carbons (Fsp3) is 0.240. The van der Waals surface area contributed by atoms with Gasteiger partial charge in [0.25, 0.3) is 0 Å². The highest BCUT2D eigenvalue weighted by Gasteiger charge is 2.15. The van der Waals surface area contributed by atoms with Gasteiger partial charge in [0.1, 0.15) is 5.58 Å². The number of benzene rings is 2. The van der Waals surface area contributed by atoms with Gasteiger partial charge >= 0.3 is 5.63 Å². The van der Waals surface area contributed by atoms with Gasteiger partial charge in [-0.05, 0) is 68.4 Å². The van der Waals surface area contributed by atoms with Gasteiger partial charge < -0.3 is 9.73 Å². The molecule has 8 heteroatoms. The van der Waals surface area contributed by atoms with E-state index in [2.05, 4.69) is 42.1 Å². The van der Waals surface area contributed by atoms with Crippen LogP contribution in [0.2, 0.25) is 0 Å². The summed E-state index contributed by atoms with van der Waals surface area (Å²) in [6, 6.07) is 17.1. The number of piperidine rings is 1. The van der Waals surface area contributed by atoms with Crippen LogP contribution in [0.1, 0.15) is 19.3 Å². The van der Waals surface area contributed by atoms with E-state index >= 15 is 0 Å². The highest BCUT2D eigenvalue weighted by Crippen LogP contribution is 2.28. The van der Waals surface area contributed by atoms with Crippen LogP contribution in [-0.4, -0.2) is 34.6 Å². The summed E-state index contributed by atoms with van der Waals surface area (Å²) < 4.78 is 7.46. The van der Waals surface area contributed by atoms with Gasteiger partial charge in [-0.2, -0.15) is 0 Å². The summed E-state index contributed by atoms with van der Waals surface area (Å²) in [4.78, 5) is 24.7. The second kappa shape index (κ2) is 9.75. The van der Waals surface area contributed by atoms with Gasteiger partial charge in [0.15, 0.2) is 0 Å². The highest BCUT2D eigenvalue weighted by atomic mass is 79.9. The maximum Gasteiger partial charge on any atom is 0.345 e. The number of anilines is 1. The van der Waals surface area contributed by atoms with Crippen LogP contribution in [0.15, 0.2) is 72.8 Å². The fourth-order valence-electron chi connectivity index (χ4n) is 4.03. The first-order valence-corrected chi connectivity index (χ1v) is 12.5. The Hall–Kier alpha value is -2.55. The smallest absolute Gasteiger partial charge is 0.345 e. The third kappa shape index (κ3) is 5.18. The molecule has 0 radical (unpaired) electrons. The summed E-state index contributed by atoms with van der Waals surface area (Å²) in [5, 5.41) is 4.19. The van der Waals surface area contributed by atoms with Gasteiger partial charge in [-0.1, -0.05) is 50.4 Å². The van der Waals surface area contributed by atoms with Crippen molar-refractivity contribution in [3.63, 3.8) is 0 Å². The topological polar surface area (TPSA) is 71.3 Å². The fourth-order valence-corrected chi connectivity index (χ4v) is 4.81. The number of likely N-dealkylation sites (tertiary alicyclic amines) is 1. The van der Waals surface area contributed by atoms with Crippen molar-refractivity contribution in [3.8, 4) is 22.5 Å². The van der Waals surface area contributed by atoms with Crippen LogP contribution < -0.4 is 10.9 Å². The Morgan fingerprint density at radius 3 is 2.52 bits per heavy atom. The molecule has 0 aliphatic carbocycles. The van der Waals surface area contributed by atoms with Crippen LogP contribution in [0.3, 0.4) is 0 Å². The summed E-state index contributed by atoms with van der Waals surface area (Å²) in [6.07, 6.45) is 3.70. The predicted molar refractivity (Wildman–Crippen MR) is 138 cm³/mol. The van der Waals surface area contributed by atoms with E-state index in [1.807, 2.05) is 48.5 Å². The van der Waals surface area contributed by atoms with Crippen molar-refractivity contribution in [1.82, 2.24) is 14.9 Å². The molecule has 0 spiro atoms. The zero-order chi connectivity index (χ0) is 22.8. The summed E-state index contributed by atoms with van der Waals surface area (Å²) in [6.45, 7) is 2.79. The van der Waals surface area contributed by atoms with E-state index in [4.69, 9.17) is 14.4 Å². The minimum atomic E-state index is -0.425. The molecule has 1 aliphatic rings. The molecule has 1 fully saturated rings. The molecule has 1 N–H and O–H groups in total. The van der Waals surface area contributed by atoms with Crippen LogP contribution in [0.4, 0.5) is 5.95 Å². The van der Waals surface area contributed by atoms with E-state index < -0.39 is 5.63 Å². The quantitative estimate of drug-likeness (QED) is 0.284. The van der Waals surface area contributed by atoms with E-state index in [-0.39, 0.29) is 0 Å². The zero-order valence-corrected chi connectivity index (χ0v) is 21.0. The summed E-state index contributed by atoms with van der Waals surface area (Å²) >= 11 is 7.02. The molecule has 168 valence electrons. The standard InChI is InChI=1S/C25H22Br2N4O2/c26-18-6-4-5-16(11-18)21-14-22(30-25(29-21)28-15-31-9-2-1-3-10-31)20-13-17-12-19(27)7-8-23(17)33-24(20)32/h4-8,11-14H,1-3,9-10,15H2,(H,28,29,30). The average Bonchev–Trinajstić information content (AvgIpc) is 2.83. The molecule has 3 heterocycles. The first-order chi connectivity index (χ1) is 16.0. The Kier molecular flexibility index (Phi) is 6.57. The number of rotatable bonds is 5. The second-order valence-corrected chi connectivity index (χ2v) is 9.95. The van der Waals surface area contributed by atoms with Crippen molar-refractivity contribution in [3.05, 3.63) is 74.0 Å². The minimum absolute atomic E-state index is 0.403. The number of aromatic nitrogens is 2. The summed E-state index contributed by atoms with van der Waals surface area (Å²) in [7, 11) is 0. The van der Waals surface area contributed by atoms with E-state index in [1.54, 1.807) is 6.07 Å². The average molecular weight is 570 g/mol. The molecule has 2 aromatic heterocycles. The third-order valence-electron chi connectivity index (χ3n) is 5.73. The molecular weight excluding hydrogens is 548 g/mol. The molecular formula is C25H22Br2N4O2. The maximum absolute atomic E-state index is 12.9. The molecule has 1 aliphatic heterocycles. The molecule has 0 bridgehead atoms. The number of halogens is 2. The molecule has 6 nitrogen and oxygen atoms in total. The van der Waals surface area contributed by atoms with Gasteiger partial charge in [0, 0.05) is 19.9 Å². The van der Waals surface area contributed by atoms with Crippen molar-refractivity contribution in [2.45, 2.75) is 19.3 Å². The number of hydrogen-bond acceptors (Lipinski definition) is 6. The van der Waals surface area contributed by atoms with Crippen LogP contribution in [-0.2, 0) is 0 Å². The molecule has 33 heavy (non-hydrogen) atoms.